The van der Waals surface area contributed by atoms with Gasteiger partial charge in [-0.05, 0) is 27.3 Å². The van der Waals surface area contributed by atoms with E-state index in [1.807, 2.05) is 20.8 Å². The summed E-state index contributed by atoms with van der Waals surface area (Å²) >= 11 is 0. The van der Waals surface area contributed by atoms with Gasteiger partial charge in [-0.3, -0.25) is 4.79 Å². The van der Waals surface area contributed by atoms with Crippen LogP contribution in [-0.4, -0.2) is 31.7 Å². The number of nitrogens with one attached hydrogen (secondary N) is 1. The number of hydrogen-bond donors (Lipinski definition) is 1. The van der Waals surface area contributed by atoms with E-state index in [1.54, 1.807) is 0 Å². The van der Waals surface area contributed by atoms with Gasteiger partial charge in [0.1, 0.15) is 5.60 Å². The van der Waals surface area contributed by atoms with Crippen molar-refractivity contribution in [3.63, 3.8) is 0 Å². The highest BCUT2D eigenvalue weighted by atomic mass is 16.6. The summed E-state index contributed by atoms with van der Waals surface area (Å²) < 4.78 is 5.04. The number of hydrogen-bond acceptors (Lipinski definition) is 4. The van der Waals surface area contributed by atoms with E-state index in [2.05, 4.69) is 5.23 Å². The molecule has 0 unspecified atom stereocenters. The van der Waals surface area contributed by atoms with Crippen LogP contribution in [0, 0.1) is 0 Å². The molecular formula is C8H15BNO3. The van der Waals surface area contributed by atoms with Gasteiger partial charge in [-0.25, -0.2) is 0 Å². The van der Waals surface area contributed by atoms with Gasteiger partial charge in [-0.2, -0.15) is 0 Å². The van der Waals surface area contributed by atoms with Crippen LogP contribution < -0.4 is 5.23 Å². The van der Waals surface area contributed by atoms with Crippen molar-refractivity contribution in [1.29, 1.82) is 0 Å². The number of carbonyl (C=O) groups is 2. The molecule has 5 heteroatoms. The molecule has 0 aliphatic carbocycles. The standard InChI is InChI=1S/C8H15BNO3/c1-8(2,3)13-7(12)4-5-10-9-6-11/h6,10H,4-5H2,1-3H3. The lowest BCUT2D eigenvalue weighted by molar-refractivity contribution is -0.154. The molecule has 0 spiro atoms. The zero-order valence-electron chi connectivity index (χ0n) is 8.29. The summed E-state index contributed by atoms with van der Waals surface area (Å²) in [6, 6.07) is 0. The molecule has 0 saturated carbocycles. The first-order valence-corrected chi connectivity index (χ1v) is 4.18. The Morgan fingerprint density at radius 1 is 1.54 bits per heavy atom. The maximum atomic E-state index is 11.1. The zero-order chi connectivity index (χ0) is 10.3. The van der Waals surface area contributed by atoms with Crippen molar-refractivity contribution >= 4 is 19.6 Å². The Morgan fingerprint density at radius 3 is 2.62 bits per heavy atom. The first kappa shape index (κ1) is 12.2. The molecule has 0 aliphatic rings. The summed E-state index contributed by atoms with van der Waals surface area (Å²) in [5.41, 5.74) is -0.439. The quantitative estimate of drug-likeness (QED) is 0.285. The van der Waals surface area contributed by atoms with Gasteiger partial charge in [0.2, 0.25) is 0 Å². The summed E-state index contributed by atoms with van der Waals surface area (Å²) in [5.74, 6) is -0.265. The average molecular weight is 184 g/mol. The molecule has 0 aromatic carbocycles. The molecule has 0 saturated heterocycles. The summed E-state index contributed by atoms with van der Waals surface area (Å²) in [5, 5.41) is 2.66. The molecule has 0 aromatic rings. The summed E-state index contributed by atoms with van der Waals surface area (Å²) in [6.07, 6.45) is 0.900. The van der Waals surface area contributed by atoms with Crippen LogP contribution in [-0.2, 0) is 14.3 Å². The molecule has 0 aliphatic heterocycles. The van der Waals surface area contributed by atoms with Gasteiger partial charge < -0.3 is 14.8 Å². The molecule has 13 heavy (non-hydrogen) atoms. The predicted molar refractivity (Wildman–Crippen MR) is 51.0 cm³/mol. The zero-order valence-corrected chi connectivity index (χ0v) is 8.29. The molecule has 0 rings (SSSR count). The first-order chi connectivity index (χ1) is 5.95. The maximum Gasteiger partial charge on any atom is 0.307 e. The smallest absolute Gasteiger partial charge is 0.307 e. The van der Waals surface area contributed by atoms with Crippen molar-refractivity contribution in [1.82, 2.24) is 5.23 Å². The normalized spacial score (nSPS) is 10.7. The Labute approximate surface area is 79.3 Å². The lowest BCUT2D eigenvalue weighted by atomic mass is 9.99. The van der Waals surface area contributed by atoms with Gasteiger partial charge in [-0.1, -0.05) is 0 Å². The van der Waals surface area contributed by atoms with Crippen molar-refractivity contribution in [2.45, 2.75) is 32.8 Å². The van der Waals surface area contributed by atoms with Crippen molar-refractivity contribution < 1.29 is 14.3 Å². The minimum Gasteiger partial charge on any atom is -0.460 e. The Kier molecular flexibility index (Phi) is 5.38. The Morgan fingerprint density at radius 2 is 2.15 bits per heavy atom. The van der Waals surface area contributed by atoms with Crippen LogP contribution in [0.15, 0.2) is 0 Å². The van der Waals surface area contributed by atoms with Crippen LogP contribution in [0.5, 0.6) is 0 Å². The van der Waals surface area contributed by atoms with Crippen LogP contribution in [0.2, 0.25) is 0 Å². The molecule has 4 nitrogen and oxygen atoms in total. The fourth-order valence-electron chi connectivity index (χ4n) is 0.698. The SMILES string of the molecule is CC(C)(C)OC(=O)CCN[B]C=O. The van der Waals surface area contributed by atoms with Crippen LogP contribution in [0.3, 0.4) is 0 Å². The Balaban J connectivity index is 3.47. The largest absolute Gasteiger partial charge is 0.460 e. The van der Waals surface area contributed by atoms with Gasteiger partial charge in [0, 0.05) is 0 Å². The van der Waals surface area contributed by atoms with Crippen molar-refractivity contribution in [3.8, 4) is 0 Å². The maximum absolute atomic E-state index is 11.1. The van der Waals surface area contributed by atoms with Gasteiger partial charge >= 0.3 is 5.97 Å². The van der Waals surface area contributed by atoms with Crippen LogP contribution >= 0.6 is 0 Å². The summed E-state index contributed by atoms with van der Waals surface area (Å²) in [7, 11) is 1.25. The highest BCUT2D eigenvalue weighted by molar-refractivity contribution is 6.64. The summed E-state index contributed by atoms with van der Waals surface area (Å²) in [6.45, 7) is 5.87. The van der Waals surface area contributed by atoms with Gasteiger partial charge in [0.15, 0.2) is 0 Å². The second kappa shape index (κ2) is 5.75. The number of rotatable bonds is 5. The van der Waals surface area contributed by atoms with Crippen molar-refractivity contribution in [2.75, 3.05) is 6.54 Å². The molecule has 0 fully saturated rings. The monoisotopic (exact) mass is 184 g/mol. The third-order valence-electron chi connectivity index (χ3n) is 1.08. The molecule has 73 valence electrons. The highest BCUT2D eigenvalue weighted by Gasteiger charge is 2.15. The molecule has 1 radical (unpaired) electrons. The lowest BCUT2D eigenvalue weighted by Crippen LogP contribution is -2.28. The third-order valence-corrected chi connectivity index (χ3v) is 1.08. The highest BCUT2D eigenvalue weighted by Crippen LogP contribution is 2.07. The van der Waals surface area contributed by atoms with Gasteiger partial charge in [0.05, 0.1) is 12.6 Å². The molecule has 1 N–H and O–H groups in total. The van der Waals surface area contributed by atoms with Crippen LogP contribution in [0.25, 0.3) is 0 Å². The number of esters is 1. The second-order valence-corrected chi connectivity index (χ2v) is 3.59. The predicted octanol–water partition coefficient (Wildman–Crippen LogP) is 0.117. The molecular weight excluding hydrogens is 169 g/mol. The van der Waals surface area contributed by atoms with E-state index >= 15 is 0 Å². The molecule has 0 heterocycles. The van der Waals surface area contributed by atoms with E-state index in [1.165, 1.54) is 7.41 Å². The van der Waals surface area contributed by atoms with E-state index in [4.69, 9.17) is 4.74 Å². The number of carbonyl (C=O) groups excluding carboxylic acids is 2. The first-order valence-electron chi connectivity index (χ1n) is 4.18. The van der Waals surface area contributed by atoms with E-state index < -0.39 is 5.60 Å². The molecule has 0 amide bonds. The minimum atomic E-state index is -0.439. The molecule has 0 bridgehead atoms. The number of ether oxygens (including phenoxy) is 1. The van der Waals surface area contributed by atoms with Crippen LogP contribution in [0.1, 0.15) is 27.2 Å². The Bertz CT molecular complexity index is 177. The topological polar surface area (TPSA) is 55.4 Å². The van der Waals surface area contributed by atoms with Gasteiger partial charge in [-0.15, -0.1) is 0 Å². The molecule has 0 atom stereocenters. The fourth-order valence-corrected chi connectivity index (χ4v) is 0.698. The van der Waals surface area contributed by atoms with E-state index in [-0.39, 0.29) is 12.4 Å². The summed E-state index contributed by atoms with van der Waals surface area (Å²) in [4.78, 5) is 20.9. The van der Waals surface area contributed by atoms with Gasteiger partial charge in [0.25, 0.3) is 7.41 Å². The van der Waals surface area contributed by atoms with Crippen LogP contribution in [0.4, 0.5) is 0 Å². The van der Waals surface area contributed by atoms with E-state index in [9.17, 15) is 9.59 Å². The fraction of sp³-hybridized carbons (Fsp3) is 0.750. The lowest BCUT2D eigenvalue weighted by Gasteiger charge is -2.19. The second-order valence-electron chi connectivity index (χ2n) is 3.59. The van der Waals surface area contributed by atoms with Crippen molar-refractivity contribution in [2.24, 2.45) is 0 Å². The van der Waals surface area contributed by atoms with E-state index in [0.29, 0.717) is 12.7 Å². The average Bonchev–Trinajstić information content (AvgIpc) is 1.94. The third kappa shape index (κ3) is 9.08. The minimum absolute atomic E-state index is 0.265. The van der Waals surface area contributed by atoms with E-state index in [0.717, 1.165) is 0 Å². The molecule has 0 aromatic heterocycles. The Hall–Kier alpha value is -0.835. The van der Waals surface area contributed by atoms with Crippen molar-refractivity contribution in [3.05, 3.63) is 0 Å².